The summed E-state index contributed by atoms with van der Waals surface area (Å²) in [5.74, 6) is 0.474. The number of rotatable bonds is 6. The fraction of sp³-hybridized carbons (Fsp3) is 0.417. The van der Waals surface area contributed by atoms with Crippen LogP contribution in [0.15, 0.2) is 35.5 Å². The standard InChI is InChI=1S/C12H17N5OS/c1-12(18,10-5-3-2-4-6-10)9-19-11-14-15-16-17(11)8-7-13/h2-6,18H,7-9,13H2,1H3. The Morgan fingerprint density at radius 3 is 2.79 bits per heavy atom. The molecule has 2 rings (SSSR count). The number of nitrogens with two attached hydrogens (primary N) is 1. The van der Waals surface area contributed by atoms with Crippen LogP contribution in [0.2, 0.25) is 0 Å². The normalized spacial score (nSPS) is 14.3. The number of hydrogen-bond donors (Lipinski definition) is 2. The predicted octanol–water partition coefficient (Wildman–Crippen LogP) is 0.632. The minimum Gasteiger partial charge on any atom is -0.385 e. The molecule has 1 aromatic heterocycles. The Kier molecular flexibility index (Phi) is 4.52. The van der Waals surface area contributed by atoms with Gasteiger partial charge in [0, 0.05) is 12.3 Å². The Balaban J connectivity index is 2.03. The molecule has 1 unspecified atom stereocenters. The zero-order chi connectivity index (χ0) is 13.7. The molecular formula is C12H17N5OS. The number of tetrazole rings is 1. The third kappa shape index (κ3) is 3.52. The van der Waals surface area contributed by atoms with Gasteiger partial charge in [-0.15, -0.1) is 5.10 Å². The molecule has 2 aromatic rings. The zero-order valence-electron chi connectivity index (χ0n) is 10.7. The molecule has 0 spiro atoms. The topological polar surface area (TPSA) is 89.9 Å². The second-order valence-corrected chi connectivity index (χ2v) is 5.34. The highest BCUT2D eigenvalue weighted by Crippen LogP contribution is 2.27. The Labute approximate surface area is 116 Å². The molecular weight excluding hydrogens is 262 g/mol. The van der Waals surface area contributed by atoms with Crippen LogP contribution in [-0.4, -0.2) is 37.6 Å². The lowest BCUT2D eigenvalue weighted by atomic mass is 9.99. The highest BCUT2D eigenvalue weighted by Gasteiger charge is 2.24. The molecule has 6 nitrogen and oxygen atoms in total. The van der Waals surface area contributed by atoms with Gasteiger partial charge in [-0.1, -0.05) is 42.1 Å². The number of benzene rings is 1. The SMILES string of the molecule is CC(O)(CSc1nnnn1CCN)c1ccccc1. The summed E-state index contributed by atoms with van der Waals surface area (Å²) in [5, 5.41) is 22.6. The van der Waals surface area contributed by atoms with E-state index < -0.39 is 5.60 Å². The summed E-state index contributed by atoms with van der Waals surface area (Å²) in [6.45, 7) is 2.84. The van der Waals surface area contributed by atoms with Crippen molar-refractivity contribution in [2.75, 3.05) is 12.3 Å². The molecule has 3 N–H and O–H groups in total. The van der Waals surface area contributed by atoms with E-state index in [-0.39, 0.29) is 0 Å². The average Bonchev–Trinajstić information content (AvgIpc) is 2.86. The number of hydrogen-bond acceptors (Lipinski definition) is 6. The van der Waals surface area contributed by atoms with Crippen LogP contribution in [0.3, 0.4) is 0 Å². The van der Waals surface area contributed by atoms with Gasteiger partial charge in [0.25, 0.3) is 0 Å². The van der Waals surface area contributed by atoms with Gasteiger partial charge < -0.3 is 10.8 Å². The molecule has 0 saturated heterocycles. The largest absolute Gasteiger partial charge is 0.385 e. The van der Waals surface area contributed by atoms with Crippen LogP contribution in [-0.2, 0) is 12.1 Å². The number of aromatic nitrogens is 4. The van der Waals surface area contributed by atoms with E-state index in [2.05, 4.69) is 15.5 Å². The number of thioether (sulfide) groups is 1. The van der Waals surface area contributed by atoms with Gasteiger partial charge in [-0.2, -0.15) is 0 Å². The predicted molar refractivity (Wildman–Crippen MR) is 73.6 cm³/mol. The van der Waals surface area contributed by atoms with Gasteiger partial charge in [0.05, 0.1) is 12.1 Å². The monoisotopic (exact) mass is 279 g/mol. The van der Waals surface area contributed by atoms with E-state index in [9.17, 15) is 5.11 Å². The van der Waals surface area contributed by atoms with Crippen molar-refractivity contribution < 1.29 is 5.11 Å². The Hall–Kier alpha value is -1.44. The van der Waals surface area contributed by atoms with Gasteiger partial charge in [0.1, 0.15) is 0 Å². The molecule has 1 heterocycles. The van der Waals surface area contributed by atoms with Crippen molar-refractivity contribution in [3.63, 3.8) is 0 Å². The highest BCUT2D eigenvalue weighted by molar-refractivity contribution is 7.99. The molecule has 0 aliphatic rings. The molecule has 19 heavy (non-hydrogen) atoms. The van der Waals surface area contributed by atoms with Gasteiger partial charge in [-0.05, 0) is 22.9 Å². The summed E-state index contributed by atoms with van der Waals surface area (Å²) in [5.41, 5.74) is 5.44. The summed E-state index contributed by atoms with van der Waals surface area (Å²) < 4.78 is 1.64. The van der Waals surface area contributed by atoms with Crippen molar-refractivity contribution in [3.8, 4) is 0 Å². The molecule has 0 radical (unpaired) electrons. The van der Waals surface area contributed by atoms with E-state index in [4.69, 9.17) is 5.73 Å². The van der Waals surface area contributed by atoms with E-state index in [0.717, 1.165) is 5.56 Å². The number of aliphatic hydroxyl groups is 1. The van der Waals surface area contributed by atoms with E-state index in [1.54, 1.807) is 11.6 Å². The van der Waals surface area contributed by atoms with Crippen molar-refractivity contribution >= 4 is 11.8 Å². The summed E-state index contributed by atoms with van der Waals surface area (Å²) in [4.78, 5) is 0. The minimum absolute atomic E-state index is 0.474. The Morgan fingerprint density at radius 1 is 1.37 bits per heavy atom. The van der Waals surface area contributed by atoms with E-state index in [1.165, 1.54) is 11.8 Å². The summed E-state index contributed by atoms with van der Waals surface area (Å²) in [7, 11) is 0. The van der Waals surface area contributed by atoms with Crippen LogP contribution >= 0.6 is 11.8 Å². The van der Waals surface area contributed by atoms with Gasteiger partial charge in [0.15, 0.2) is 0 Å². The molecule has 102 valence electrons. The lowest BCUT2D eigenvalue weighted by molar-refractivity contribution is 0.0838. The second kappa shape index (κ2) is 6.14. The van der Waals surface area contributed by atoms with Crippen molar-refractivity contribution in [1.29, 1.82) is 0 Å². The molecule has 1 atom stereocenters. The fourth-order valence-electron chi connectivity index (χ4n) is 1.65. The summed E-state index contributed by atoms with van der Waals surface area (Å²) in [6, 6.07) is 9.56. The molecule has 0 fully saturated rings. The van der Waals surface area contributed by atoms with Crippen molar-refractivity contribution in [3.05, 3.63) is 35.9 Å². The number of nitrogens with zero attached hydrogens (tertiary/aromatic N) is 4. The van der Waals surface area contributed by atoms with Crippen LogP contribution < -0.4 is 5.73 Å². The molecule has 0 saturated carbocycles. The molecule has 0 aliphatic heterocycles. The van der Waals surface area contributed by atoms with E-state index in [1.807, 2.05) is 30.3 Å². The highest BCUT2D eigenvalue weighted by atomic mass is 32.2. The maximum Gasteiger partial charge on any atom is 0.209 e. The van der Waals surface area contributed by atoms with Gasteiger partial charge >= 0.3 is 0 Å². The molecule has 0 bridgehead atoms. The van der Waals surface area contributed by atoms with E-state index >= 15 is 0 Å². The Bertz CT molecular complexity index is 514. The van der Waals surface area contributed by atoms with Crippen LogP contribution in [0.5, 0.6) is 0 Å². The Morgan fingerprint density at radius 2 is 2.11 bits per heavy atom. The lowest BCUT2D eigenvalue weighted by Crippen LogP contribution is -2.24. The fourth-order valence-corrected chi connectivity index (χ4v) is 2.60. The summed E-state index contributed by atoms with van der Waals surface area (Å²) in [6.07, 6.45) is 0. The van der Waals surface area contributed by atoms with Crippen LogP contribution in [0.4, 0.5) is 0 Å². The van der Waals surface area contributed by atoms with Gasteiger partial charge in [-0.3, -0.25) is 0 Å². The second-order valence-electron chi connectivity index (χ2n) is 4.40. The smallest absolute Gasteiger partial charge is 0.209 e. The third-order valence-electron chi connectivity index (χ3n) is 2.72. The van der Waals surface area contributed by atoms with Crippen molar-refractivity contribution in [2.45, 2.75) is 24.2 Å². The first-order valence-corrected chi connectivity index (χ1v) is 6.99. The van der Waals surface area contributed by atoms with Crippen molar-refractivity contribution in [2.24, 2.45) is 5.73 Å². The first-order chi connectivity index (χ1) is 9.13. The first-order valence-electron chi connectivity index (χ1n) is 6.00. The quantitative estimate of drug-likeness (QED) is 0.754. The maximum atomic E-state index is 10.5. The minimum atomic E-state index is -0.925. The molecule has 0 aliphatic carbocycles. The molecule has 1 aromatic carbocycles. The lowest BCUT2D eigenvalue weighted by Gasteiger charge is -2.22. The van der Waals surface area contributed by atoms with E-state index in [0.29, 0.717) is 24.0 Å². The van der Waals surface area contributed by atoms with Gasteiger partial charge in [-0.25, -0.2) is 4.68 Å². The van der Waals surface area contributed by atoms with Crippen LogP contribution in [0, 0.1) is 0 Å². The molecule has 0 amide bonds. The zero-order valence-corrected chi connectivity index (χ0v) is 11.5. The summed E-state index contributed by atoms with van der Waals surface area (Å²) >= 11 is 1.42. The van der Waals surface area contributed by atoms with Crippen LogP contribution in [0.1, 0.15) is 12.5 Å². The average molecular weight is 279 g/mol. The van der Waals surface area contributed by atoms with Crippen molar-refractivity contribution in [1.82, 2.24) is 20.2 Å². The maximum absolute atomic E-state index is 10.5. The molecule has 7 heteroatoms. The first kappa shape index (κ1) is 14.0. The van der Waals surface area contributed by atoms with Crippen LogP contribution in [0.25, 0.3) is 0 Å². The third-order valence-corrected chi connectivity index (χ3v) is 3.98. The van der Waals surface area contributed by atoms with Gasteiger partial charge in [0.2, 0.25) is 5.16 Å².